The number of hydrogen-bond acceptors (Lipinski definition) is 5. The van der Waals surface area contributed by atoms with E-state index >= 15 is 0 Å². The Morgan fingerprint density at radius 2 is 2.03 bits per heavy atom. The number of aliphatic carboxylic acids is 1. The molecule has 13 heteroatoms. The van der Waals surface area contributed by atoms with Crippen LogP contribution in [0.4, 0.5) is 17.6 Å². The number of rotatable bonds is 4. The summed E-state index contributed by atoms with van der Waals surface area (Å²) in [6.45, 7) is -0.282. The van der Waals surface area contributed by atoms with Gasteiger partial charge in [-0.1, -0.05) is 23.7 Å². The van der Waals surface area contributed by atoms with Crippen molar-refractivity contribution in [2.24, 2.45) is 4.99 Å². The van der Waals surface area contributed by atoms with Crippen LogP contribution in [0.5, 0.6) is 0 Å². The van der Waals surface area contributed by atoms with Gasteiger partial charge in [-0.15, -0.1) is 0 Å². The highest BCUT2D eigenvalue weighted by Gasteiger charge is 2.41. The highest BCUT2D eigenvalue weighted by Crippen LogP contribution is 2.36. The summed E-state index contributed by atoms with van der Waals surface area (Å²) < 4.78 is 55.7. The molecule has 0 unspecified atom stereocenters. The highest BCUT2D eigenvalue weighted by atomic mass is 35.5. The average Bonchev–Trinajstić information content (AvgIpc) is 3.51. The van der Waals surface area contributed by atoms with E-state index in [2.05, 4.69) is 10.1 Å². The van der Waals surface area contributed by atoms with Gasteiger partial charge in [0.1, 0.15) is 12.2 Å². The number of thioether (sulfide) groups is 1. The van der Waals surface area contributed by atoms with Crippen LogP contribution in [0.15, 0.2) is 52.5 Å². The van der Waals surface area contributed by atoms with E-state index in [4.69, 9.17) is 11.6 Å². The smallest absolute Gasteiger partial charge is 0.416 e. The van der Waals surface area contributed by atoms with Gasteiger partial charge in [-0.2, -0.15) is 23.3 Å². The summed E-state index contributed by atoms with van der Waals surface area (Å²) in [5, 5.41) is 14.3. The number of nitrogens with zero attached hydrogens (tertiary/aromatic N) is 4. The Kier molecular flexibility index (Phi) is 6.48. The minimum atomic E-state index is -4.57. The van der Waals surface area contributed by atoms with Crippen molar-refractivity contribution >= 4 is 57.4 Å². The number of aromatic nitrogens is 2. The number of alkyl halides is 4. The first-order valence-electron chi connectivity index (χ1n) is 11.0. The first-order valence-corrected chi connectivity index (χ1v) is 12.2. The van der Waals surface area contributed by atoms with Gasteiger partial charge in [0.15, 0.2) is 5.17 Å². The van der Waals surface area contributed by atoms with Crippen LogP contribution in [0.25, 0.3) is 17.0 Å². The van der Waals surface area contributed by atoms with Crippen LogP contribution in [0.3, 0.4) is 0 Å². The summed E-state index contributed by atoms with van der Waals surface area (Å²) >= 11 is 6.73. The molecule has 3 aromatic rings. The lowest BCUT2D eigenvalue weighted by Gasteiger charge is -2.21. The molecule has 1 amide bonds. The summed E-state index contributed by atoms with van der Waals surface area (Å²) in [6.07, 6.45) is -3.00. The number of aliphatic imine (C=N–C) groups is 1. The summed E-state index contributed by atoms with van der Waals surface area (Å²) in [5.74, 6) is -1.75. The van der Waals surface area contributed by atoms with Gasteiger partial charge < -0.3 is 10.0 Å². The fourth-order valence-electron chi connectivity index (χ4n) is 4.34. The number of carboxylic acid groups (broad SMARTS) is 1. The van der Waals surface area contributed by atoms with E-state index in [1.54, 1.807) is 24.3 Å². The number of amidine groups is 1. The average molecular weight is 553 g/mol. The first-order chi connectivity index (χ1) is 17.5. The maximum atomic E-state index is 13.8. The molecule has 7 nitrogen and oxygen atoms in total. The normalized spacial score (nSPS) is 21.3. The molecule has 3 heterocycles. The number of hydrogen-bond donors (Lipinski definition) is 1. The van der Waals surface area contributed by atoms with E-state index in [9.17, 15) is 32.3 Å². The molecular weight excluding hydrogens is 536 g/mol. The predicted molar refractivity (Wildman–Crippen MR) is 131 cm³/mol. The predicted octanol–water partition coefficient (Wildman–Crippen LogP) is 5.22. The second-order valence-corrected chi connectivity index (χ2v) is 10.0. The third kappa shape index (κ3) is 5.08. The maximum absolute atomic E-state index is 13.8. The SMILES string of the molecule is O=C1N=C(N2C[C@@H](F)C[C@H]2C(=O)O)S/C1=C\c1ccc2c(cnn2Cc2ccc(Cl)cc2C(F)(F)F)c1. The first kappa shape index (κ1) is 25.3. The van der Waals surface area contributed by atoms with E-state index < -0.39 is 35.8 Å². The summed E-state index contributed by atoms with van der Waals surface area (Å²) in [6, 6.07) is 7.58. The maximum Gasteiger partial charge on any atom is 0.416 e. The van der Waals surface area contributed by atoms with E-state index in [-0.39, 0.29) is 40.2 Å². The number of likely N-dealkylation sites (tertiary alicyclic amines) is 1. The second-order valence-electron chi connectivity index (χ2n) is 8.57. The molecule has 2 atom stereocenters. The van der Waals surface area contributed by atoms with Gasteiger partial charge >= 0.3 is 12.1 Å². The molecule has 0 spiro atoms. The van der Waals surface area contributed by atoms with Crippen LogP contribution in [-0.4, -0.2) is 55.6 Å². The molecule has 2 aliphatic heterocycles. The molecule has 0 bridgehead atoms. The lowest BCUT2D eigenvalue weighted by Crippen LogP contribution is -2.38. The molecule has 1 aromatic heterocycles. The van der Waals surface area contributed by atoms with Crippen LogP contribution >= 0.6 is 23.4 Å². The van der Waals surface area contributed by atoms with E-state index in [0.717, 1.165) is 17.8 Å². The Morgan fingerprint density at radius 3 is 2.76 bits per heavy atom. The molecule has 192 valence electrons. The number of halogens is 5. The van der Waals surface area contributed by atoms with Crippen molar-refractivity contribution in [2.75, 3.05) is 6.54 Å². The van der Waals surface area contributed by atoms with Crippen molar-refractivity contribution < 1.29 is 32.3 Å². The minimum absolute atomic E-state index is 0.0155. The number of fused-ring (bicyclic) bond motifs is 1. The van der Waals surface area contributed by atoms with Crippen LogP contribution in [-0.2, 0) is 22.3 Å². The number of carbonyl (C=O) groups is 2. The van der Waals surface area contributed by atoms with E-state index in [0.29, 0.717) is 16.5 Å². The fraction of sp³-hybridized carbons (Fsp3) is 0.250. The monoisotopic (exact) mass is 552 g/mol. The van der Waals surface area contributed by atoms with Gasteiger partial charge in [0.2, 0.25) is 0 Å². The van der Waals surface area contributed by atoms with Crippen LogP contribution in [0.2, 0.25) is 5.02 Å². The van der Waals surface area contributed by atoms with Crippen LogP contribution in [0, 0.1) is 0 Å². The zero-order valence-electron chi connectivity index (χ0n) is 18.7. The molecular formula is C24H17ClF4N4O3S. The number of carboxylic acids is 1. The topological polar surface area (TPSA) is 87.8 Å². The van der Waals surface area contributed by atoms with Gasteiger partial charge in [-0.05, 0) is 53.2 Å². The zero-order valence-corrected chi connectivity index (χ0v) is 20.3. The third-order valence-electron chi connectivity index (χ3n) is 6.05. The lowest BCUT2D eigenvalue weighted by atomic mass is 10.1. The van der Waals surface area contributed by atoms with Crippen molar-refractivity contribution in [1.29, 1.82) is 0 Å². The third-order valence-corrected chi connectivity index (χ3v) is 7.31. The lowest BCUT2D eigenvalue weighted by molar-refractivity contribution is -0.141. The molecule has 2 aliphatic rings. The van der Waals surface area contributed by atoms with Gasteiger partial charge in [-0.3, -0.25) is 9.48 Å². The zero-order chi connectivity index (χ0) is 26.5. The molecule has 1 N–H and O–H groups in total. The molecule has 0 saturated carbocycles. The Bertz CT molecular complexity index is 1490. The van der Waals surface area contributed by atoms with Crippen molar-refractivity contribution in [3.8, 4) is 0 Å². The molecule has 5 rings (SSSR count). The molecule has 0 radical (unpaired) electrons. The molecule has 0 aliphatic carbocycles. The van der Waals surface area contributed by atoms with E-state index in [1.165, 1.54) is 27.9 Å². The Morgan fingerprint density at radius 1 is 1.24 bits per heavy atom. The van der Waals surface area contributed by atoms with Crippen molar-refractivity contribution in [3.05, 3.63) is 69.2 Å². The Labute approximate surface area is 216 Å². The van der Waals surface area contributed by atoms with Crippen molar-refractivity contribution in [3.63, 3.8) is 0 Å². The summed E-state index contributed by atoms with van der Waals surface area (Å²) in [5.41, 5.74) is 0.381. The molecule has 1 fully saturated rings. The Balaban J connectivity index is 1.37. The van der Waals surface area contributed by atoms with E-state index in [1.807, 2.05) is 0 Å². The van der Waals surface area contributed by atoms with Crippen molar-refractivity contribution in [1.82, 2.24) is 14.7 Å². The highest BCUT2D eigenvalue weighted by molar-refractivity contribution is 8.18. The number of carbonyl (C=O) groups excluding carboxylic acids is 1. The summed E-state index contributed by atoms with van der Waals surface area (Å²) in [4.78, 5) is 29.3. The summed E-state index contributed by atoms with van der Waals surface area (Å²) in [7, 11) is 0. The fourth-order valence-corrected chi connectivity index (χ4v) is 5.48. The van der Waals surface area contributed by atoms with Gasteiger partial charge in [0.05, 0.1) is 35.3 Å². The standard InChI is InChI=1S/C24H17ClF4N4O3S/c25-15-3-2-13(17(7-15)24(27,28)29)10-33-18-4-1-12(5-14(18)9-30-33)6-20-21(34)31-23(37-20)32-11-16(26)8-19(32)22(35)36/h1-7,9,16,19H,8,10-11H2,(H,35,36)/b20-6-/t16-,19-/m0/s1. The molecule has 1 saturated heterocycles. The minimum Gasteiger partial charge on any atom is -0.480 e. The molecule has 2 aromatic carbocycles. The molecule has 37 heavy (non-hydrogen) atoms. The van der Waals surface area contributed by atoms with Crippen molar-refractivity contribution in [2.45, 2.75) is 31.4 Å². The Hall–Kier alpha value is -3.38. The quantitative estimate of drug-likeness (QED) is 0.352. The largest absolute Gasteiger partial charge is 0.480 e. The van der Waals surface area contributed by atoms with Crippen LogP contribution < -0.4 is 0 Å². The van der Waals surface area contributed by atoms with Gasteiger partial charge in [0.25, 0.3) is 5.91 Å². The second kappa shape index (κ2) is 9.49. The van der Waals surface area contributed by atoms with Gasteiger partial charge in [0, 0.05) is 16.8 Å². The number of amides is 1. The van der Waals surface area contributed by atoms with Gasteiger partial charge in [-0.25, -0.2) is 9.18 Å². The van der Waals surface area contributed by atoms with Crippen LogP contribution in [0.1, 0.15) is 23.1 Å². The number of benzene rings is 2.